The number of hydrogen-bond acceptors (Lipinski definition) is 4. The van der Waals surface area contributed by atoms with Crippen LogP contribution >= 0.6 is 0 Å². The van der Waals surface area contributed by atoms with Gasteiger partial charge in [0.25, 0.3) is 0 Å². The van der Waals surface area contributed by atoms with Gasteiger partial charge in [0, 0.05) is 17.5 Å². The van der Waals surface area contributed by atoms with E-state index in [0.717, 1.165) is 31.5 Å². The first kappa shape index (κ1) is 16.6. The highest BCUT2D eigenvalue weighted by Gasteiger charge is 2.52. The van der Waals surface area contributed by atoms with E-state index in [2.05, 4.69) is 34.5 Å². The maximum Gasteiger partial charge on any atom is 0.120 e. The lowest BCUT2D eigenvalue weighted by atomic mass is 9.72. The SMILES string of the molecule is CN(Cc1ccccc1O)[C@@H]1c2ccccc2C2(CCNCC2)[C@H]1O. The summed E-state index contributed by atoms with van der Waals surface area (Å²) >= 11 is 0. The Morgan fingerprint density at radius 1 is 1.08 bits per heavy atom. The van der Waals surface area contributed by atoms with Crippen molar-refractivity contribution in [3.63, 3.8) is 0 Å². The second kappa shape index (κ2) is 6.45. The van der Waals surface area contributed by atoms with Crippen LogP contribution in [0.5, 0.6) is 5.75 Å². The number of nitrogens with zero attached hydrogens (tertiary/aromatic N) is 1. The molecule has 2 aromatic rings. The molecule has 1 fully saturated rings. The molecule has 4 nitrogen and oxygen atoms in total. The Morgan fingerprint density at radius 2 is 1.76 bits per heavy atom. The fourth-order valence-electron chi connectivity index (χ4n) is 4.77. The molecule has 0 amide bonds. The zero-order valence-corrected chi connectivity index (χ0v) is 14.7. The van der Waals surface area contributed by atoms with E-state index in [4.69, 9.17) is 0 Å². The highest BCUT2D eigenvalue weighted by atomic mass is 16.3. The van der Waals surface area contributed by atoms with Gasteiger partial charge in [-0.1, -0.05) is 42.5 Å². The summed E-state index contributed by atoms with van der Waals surface area (Å²) in [6, 6.07) is 15.9. The molecule has 132 valence electrons. The van der Waals surface area contributed by atoms with E-state index >= 15 is 0 Å². The average Bonchev–Trinajstić information content (AvgIpc) is 2.87. The first-order valence-corrected chi connectivity index (χ1v) is 9.09. The van der Waals surface area contributed by atoms with Crippen LogP contribution in [-0.2, 0) is 12.0 Å². The molecule has 3 N–H and O–H groups in total. The predicted octanol–water partition coefficient (Wildman–Crippen LogP) is 2.56. The summed E-state index contributed by atoms with van der Waals surface area (Å²) in [5.41, 5.74) is 3.27. The van der Waals surface area contributed by atoms with Gasteiger partial charge in [-0.05, 0) is 50.2 Å². The van der Waals surface area contributed by atoms with Gasteiger partial charge in [-0.15, -0.1) is 0 Å². The Balaban J connectivity index is 1.69. The molecule has 0 bridgehead atoms. The summed E-state index contributed by atoms with van der Waals surface area (Å²) in [6.07, 6.45) is 1.50. The third-order valence-electron chi connectivity index (χ3n) is 6.06. The normalized spacial score (nSPS) is 24.6. The predicted molar refractivity (Wildman–Crippen MR) is 98.5 cm³/mol. The molecule has 0 aromatic heterocycles. The monoisotopic (exact) mass is 338 g/mol. The number of piperidine rings is 1. The fraction of sp³-hybridized carbons (Fsp3) is 0.429. The van der Waals surface area contributed by atoms with E-state index in [-0.39, 0.29) is 11.5 Å². The second-order valence-electron chi connectivity index (χ2n) is 7.43. The van der Waals surface area contributed by atoms with Gasteiger partial charge in [0.15, 0.2) is 0 Å². The molecule has 25 heavy (non-hydrogen) atoms. The van der Waals surface area contributed by atoms with Crippen molar-refractivity contribution in [3.05, 3.63) is 65.2 Å². The first-order chi connectivity index (χ1) is 12.1. The molecule has 0 saturated carbocycles. The summed E-state index contributed by atoms with van der Waals surface area (Å²) < 4.78 is 0. The Bertz CT molecular complexity index is 755. The number of fused-ring (bicyclic) bond motifs is 2. The summed E-state index contributed by atoms with van der Waals surface area (Å²) in [6.45, 7) is 2.50. The minimum atomic E-state index is -0.428. The lowest BCUT2D eigenvalue weighted by molar-refractivity contribution is 0.00402. The average molecular weight is 338 g/mol. The van der Waals surface area contributed by atoms with Crippen molar-refractivity contribution in [3.8, 4) is 5.75 Å². The van der Waals surface area contributed by atoms with E-state index in [1.165, 1.54) is 11.1 Å². The van der Waals surface area contributed by atoms with Gasteiger partial charge in [-0.2, -0.15) is 0 Å². The smallest absolute Gasteiger partial charge is 0.120 e. The molecule has 1 saturated heterocycles. The van der Waals surface area contributed by atoms with Crippen LogP contribution in [0.3, 0.4) is 0 Å². The standard InChI is InChI=1S/C21H26N2O2/c1-23(14-15-6-2-5-9-18(15)24)19-16-7-3-4-8-17(16)21(20(19)25)10-12-22-13-11-21/h2-9,19-20,22,24-25H,10-14H2,1H3/t19-,20+/m1/s1. The number of likely N-dealkylation sites (N-methyl/N-ethyl adjacent to an activating group) is 1. The summed E-state index contributed by atoms with van der Waals surface area (Å²) in [4.78, 5) is 2.18. The van der Waals surface area contributed by atoms with Crippen molar-refractivity contribution in [1.82, 2.24) is 10.2 Å². The maximum absolute atomic E-state index is 11.4. The molecular weight excluding hydrogens is 312 g/mol. The second-order valence-corrected chi connectivity index (χ2v) is 7.43. The highest BCUT2D eigenvalue weighted by Crippen LogP contribution is 2.52. The number of rotatable bonds is 3. The highest BCUT2D eigenvalue weighted by molar-refractivity contribution is 5.45. The minimum Gasteiger partial charge on any atom is -0.508 e. The number of aliphatic hydroxyl groups excluding tert-OH is 1. The molecule has 2 aliphatic rings. The van der Waals surface area contributed by atoms with Crippen molar-refractivity contribution in [2.75, 3.05) is 20.1 Å². The Hall–Kier alpha value is -1.88. The molecule has 0 unspecified atom stereocenters. The molecule has 2 aromatic carbocycles. The molecule has 1 aliphatic heterocycles. The topological polar surface area (TPSA) is 55.7 Å². The van der Waals surface area contributed by atoms with Crippen LogP contribution in [0.2, 0.25) is 0 Å². The lowest BCUT2D eigenvalue weighted by Gasteiger charge is -2.40. The van der Waals surface area contributed by atoms with Gasteiger partial charge in [0.2, 0.25) is 0 Å². The number of hydrogen-bond donors (Lipinski definition) is 3. The first-order valence-electron chi connectivity index (χ1n) is 9.09. The Labute approximate surface area is 149 Å². The van der Waals surface area contributed by atoms with E-state index < -0.39 is 6.10 Å². The Morgan fingerprint density at radius 3 is 2.52 bits per heavy atom. The van der Waals surface area contributed by atoms with Crippen LogP contribution in [0.15, 0.2) is 48.5 Å². The van der Waals surface area contributed by atoms with Crippen LogP contribution in [0.25, 0.3) is 0 Å². The lowest BCUT2D eigenvalue weighted by Crippen LogP contribution is -2.48. The quantitative estimate of drug-likeness (QED) is 0.805. The van der Waals surface area contributed by atoms with E-state index in [0.29, 0.717) is 12.3 Å². The zero-order valence-electron chi connectivity index (χ0n) is 14.7. The fourth-order valence-corrected chi connectivity index (χ4v) is 4.77. The van der Waals surface area contributed by atoms with Gasteiger partial charge in [-0.3, -0.25) is 4.90 Å². The third kappa shape index (κ3) is 2.65. The van der Waals surface area contributed by atoms with Gasteiger partial charge < -0.3 is 15.5 Å². The molecule has 1 heterocycles. The summed E-state index contributed by atoms with van der Waals surface area (Å²) in [5.74, 6) is 0.312. The van der Waals surface area contributed by atoms with Crippen molar-refractivity contribution in [1.29, 1.82) is 0 Å². The van der Waals surface area contributed by atoms with Crippen molar-refractivity contribution in [2.24, 2.45) is 0 Å². The molecular formula is C21H26N2O2. The molecule has 1 spiro atoms. The van der Waals surface area contributed by atoms with E-state index in [1.807, 2.05) is 25.2 Å². The van der Waals surface area contributed by atoms with Crippen molar-refractivity contribution >= 4 is 0 Å². The zero-order chi connectivity index (χ0) is 17.4. The maximum atomic E-state index is 11.4. The molecule has 4 heteroatoms. The van der Waals surface area contributed by atoms with Crippen molar-refractivity contribution < 1.29 is 10.2 Å². The van der Waals surface area contributed by atoms with Crippen LogP contribution in [-0.4, -0.2) is 41.4 Å². The Kier molecular flexibility index (Phi) is 4.28. The molecule has 2 atom stereocenters. The summed E-state index contributed by atoms with van der Waals surface area (Å²) in [7, 11) is 2.04. The number of phenols is 1. The minimum absolute atomic E-state index is 0.0473. The van der Waals surface area contributed by atoms with Crippen LogP contribution < -0.4 is 5.32 Å². The van der Waals surface area contributed by atoms with Gasteiger partial charge >= 0.3 is 0 Å². The largest absolute Gasteiger partial charge is 0.508 e. The van der Waals surface area contributed by atoms with Gasteiger partial charge in [-0.25, -0.2) is 0 Å². The van der Waals surface area contributed by atoms with E-state index in [1.54, 1.807) is 6.07 Å². The van der Waals surface area contributed by atoms with Gasteiger partial charge in [0.05, 0.1) is 12.1 Å². The number of phenolic OH excluding ortho intramolecular Hbond substituents is 1. The number of nitrogens with one attached hydrogen (secondary N) is 1. The van der Waals surface area contributed by atoms with Crippen molar-refractivity contribution in [2.45, 2.75) is 36.9 Å². The number of aromatic hydroxyl groups is 1. The number of aliphatic hydroxyl groups is 1. The van der Waals surface area contributed by atoms with E-state index in [9.17, 15) is 10.2 Å². The molecule has 4 rings (SSSR count). The number of benzene rings is 2. The van der Waals surface area contributed by atoms with Gasteiger partial charge in [0.1, 0.15) is 5.75 Å². The number of para-hydroxylation sites is 1. The molecule has 1 aliphatic carbocycles. The molecule has 0 radical (unpaired) electrons. The van der Waals surface area contributed by atoms with Crippen LogP contribution in [0.1, 0.15) is 35.6 Å². The third-order valence-corrected chi connectivity index (χ3v) is 6.06. The van der Waals surface area contributed by atoms with Crippen LogP contribution in [0, 0.1) is 0 Å². The van der Waals surface area contributed by atoms with Crippen LogP contribution in [0.4, 0.5) is 0 Å². The summed E-state index contributed by atoms with van der Waals surface area (Å²) in [5, 5.41) is 24.9.